The van der Waals surface area contributed by atoms with Crippen molar-refractivity contribution in [3.8, 4) is 0 Å². The molecule has 0 radical (unpaired) electrons. The Morgan fingerprint density at radius 2 is 1.54 bits per heavy atom. The highest BCUT2D eigenvalue weighted by molar-refractivity contribution is 6.09. The standard InChI is InChI=1S/C22H22N2O4/c1-3-28-21(27)18-16-17(20(26)24(2)19(16)25)22(23-18,14-10-6-4-7-11-14)15-12-8-5-9-13-15/h4-13,16-18,23H,3H2,1-2H3. The van der Waals surface area contributed by atoms with Crippen molar-refractivity contribution in [2.24, 2.45) is 11.8 Å². The Bertz CT molecular complexity index is 873. The van der Waals surface area contributed by atoms with Gasteiger partial charge in [0.15, 0.2) is 0 Å². The van der Waals surface area contributed by atoms with Crippen LogP contribution in [0.4, 0.5) is 0 Å². The monoisotopic (exact) mass is 378 g/mol. The van der Waals surface area contributed by atoms with Gasteiger partial charge in [-0.25, -0.2) is 0 Å². The maximum absolute atomic E-state index is 13.2. The number of benzene rings is 2. The highest BCUT2D eigenvalue weighted by atomic mass is 16.5. The fourth-order valence-electron chi connectivity index (χ4n) is 4.58. The number of amides is 2. The van der Waals surface area contributed by atoms with E-state index in [0.29, 0.717) is 0 Å². The molecule has 0 aromatic heterocycles. The molecule has 2 aromatic carbocycles. The van der Waals surface area contributed by atoms with Crippen LogP contribution in [0.1, 0.15) is 18.1 Å². The van der Waals surface area contributed by atoms with Crippen LogP contribution in [0.3, 0.4) is 0 Å². The number of nitrogens with zero attached hydrogens (tertiary/aromatic N) is 1. The summed E-state index contributed by atoms with van der Waals surface area (Å²) in [5.41, 5.74) is 0.668. The number of rotatable bonds is 4. The lowest BCUT2D eigenvalue weighted by molar-refractivity contribution is -0.149. The molecule has 6 heteroatoms. The van der Waals surface area contributed by atoms with Gasteiger partial charge in [-0.3, -0.25) is 24.6 Å². The second-order valence-electron chi connectivity index (χ2n) is 7.15. The van der Waals surface area contributed by atoms with Crippen LogP contribution >= 0.6 is 0 Å². The molecule has 2 amide bonds. The van der Waals surface area contributed by atoms with E-state index in [1.807, 2.05) is 60.7 Å². The first-order valence-electron chi connectivity index (χ1n) is 9.39. The molecule has 0 spiro atoms. The number of esters is 1. The smallest absolute Gasteiger partial charge is 0.324 e. The lowest BCUT2D eigenvalue weighted by Crippen LogP contribution is -2.51. The van der Waals surface area contributed by atoms with Gasteiger partial charge in [-0.05, 0) is 18.1 Å². The zero-order valence-electron chi connectivity index (χ0n) is 15.8. The van der Waals surface area contributed by atoms with Crippen molar-refractivity contribution in [3.63, 3.8) is 0 Å². The van der Waals surface area contributed by atoms with Gasteiger partial charge in [-0.2, -0.15) is 0 Å². The van der Waals surface area contributed by atoms with Crippen LogP contribution in [0, 0.1) is 11.8 Å². The third-order valence-corrected chi connectivity index (χ3v) is 5.78. The summed E-state index contributed by atoms with van der Waals surface area (Å²) >= 11 is 0. The van der Waals surface area contributed by atoms with E-state index in [4.69, 9.17) is 4.74 Å². The van der Waals surface area contributed by atoms with Crippen molar-refractivity contribution in [2.45, 2.75) is 18.5 Å². The summed E-state index contributed by atoms with van der Waals surface area (Å²) in [5, 5.41) is 3.36. The van der Waals surface area contributed by atoms with E-state index in [0.717, 1.165) is 16.0 Å². The summed E-state index contributed by atoms with van der Waals surface area (Å²) in [6.07, 6.45) is 0. The zero-order chi connectivity index (χ0) is 19.9. The molecule has 2 aromatic rings. The summed E-state index contributed by atoms with van der Waals surface area (Å²) in [7, 11) is 1.48. The minimum Gasteiger partial charge on any atom is -0.465 e. The van der Waals surface area contributed by atoms with Crippen molar-refractivity contribution < 1.29 is 19.1 Å². The molecular weight excluding hydrogens is 356 g/mol. The van der Waals surface area contributed by atoms with Gasteiger partial charge >= 0.3 is 5.97 Å². The number of ether oxygens (including phenoxy) is 1. The van der Waals surface area contributed by atoms with Crippen molar-refractivity contribution in [1.82, 2.24) is 10.2 Å². The normalized spacial score (nSPS) is 25.6. The molecule has 4 rings (SSSR count). The highest BCUT2D eigenvalue weighted by Crippen LogP contribution is 2.51. The first kappa shape index (κ1) is 18.4. The van der Waals surface area contributed by atoms with Gasteiger partial charge in [0.05, 0.1) is 24.0 Å². The van der Waals surface area contributed by atoms with Crippen LogP contribution in [0.2, 0.25) is 0 Å². The number of nitrogens with one attached hydrogen (secondary N) is 1. The fraction of sp³-hybridized carbons (Fsp3) is 0.318. The molecule has 6 nitrogen and oxygen atoms in total. The number of hydrogen-bond acceptors (Lipinski definition) is 5. The molecular formula is C22H22N2O4. The Kier molecular flexibility index (Phi) is 4.51. The van der Waals surface area contributed by atoms with Crippen LogP contribution in [0.5, 0.6) is 0 Å². The summed E-state index contributed by atoms with van der Waals surface area (Å²) < 4.78 is 5.23. The Morgan fingerprint density at radius 3 is 2.04 bits per heavy atom. The van der Waals surface area contributed by atoms with E-state index in [-0.39, 0.29) is 18.4 Å². The Labute approximate surface area is 163 Å². The van der Waals surface area contributed by atoms with Crippen molar-refractivity contribution >= 4 is 17.8 Å². The third kappa shape index (κ3) is 2.48. The van der Waals surface area contributed by atoms with Gasteiger partial charge in [0.1, 0.15) is 6.04 Å². The van der Waals surface area contributed by atoms with E-state index in [1.165, 1.54) is 7.05 Å². The number of carbonyl (C=O) groups excluding carboxylic acids is 3. The molecule has 3 atom stereocenters. The van der Waals surface area contributed by atoms with Gasteiger partial charge in [0.25, 0.3) is 0 Å². The molecule has 2 aliphatic rings. The second kappa shape index (κ2) is 6.87. The highest BCUT2D eigenvalue weighted by Gasteiger charge is 2.67. The molecule has 144 valence electrons. The Balaban J connectivity index is 1.96. The van der Waals surface area contributed by atoms with Crippen LogP contribution in [-0.2, 0) is 24.7 Å². The average Bonchev–Trinajstić information content (AvgIpc) is 3.20. The second-order valence-corrected chi connectivity index (χ2v) is 7.15. The number of fused-ring (bicyclic) bond motifs is 1. The van der Waals surface area contributed by atoms with E-state index in [2.05, 4.69) is 5.32 Å². The lowest BCUT2D eigenvalue weighted by Gasteiger charge is -2.36. The van der Waals surface area contributed by atoms with E-state index in [9.17, 15) is 14.4 Å². The molecule has 28 heavy (non-hydrogen) atoms. The largest absolute Gasteiger partial charge is 0.465 e. The molecule has 3 unspecified atom stereocenters. The SMILES string of the molecule is CCOC(=O)C1NC(c2ccccc2)(c2ccccc2)C2C(=O)N(C)C(=O)C12. The minimum atomic E-state index is -0.998. The molecule has 2 fully saturated rings. The first-order chi connectivity index (χ1) is 13.5. The quantitative estimate of drug-likeness (QED) is 0.647. The van der Waals surface area contributed by atoms with Crippen LogP contribution < -0.4 is 5.32 Å². The minimum absolute atomic E-state index is 0.204. The number of hydrogen-bond donors (Lipinski definition) is 1. The number of likely N-dealkylation sites (tertiary alicyclic amines) is 1. The molecule has 0 aliphatic carbocycles. The van der Waals surface area contributed by atoms with Crippen molar-refractivity contribution in [2.75, 3.05) is 13.7 Å². The lowest BCUT2D eigenvalue weighted by atomic mass is 9.72. The van der Waals surface area contributed by atoms with Crippen LogP contribution in [0.25, 0.3) is 0 Å². The Morgan fingerprint density at radius 1 is 1.00 bits per heavy atom. The summed E-state index contributed by atoms with van der Waals surface area (Å²) in [6, 6.07) is 18.1. The predicted molar refractivity (Wildman–Crippen MR) is 102 cm³/mol. The van der Waals surface area contributed by atoms with Crippen LogP contribution in [-0.4, -0.2) is 42.4 Å². The topological polar surface area (TPSA) is 75.7 Å². The number of carbonyl (C=O) groups is 3. The van der Waals surface area contributed by atoms with E-state index < -0.39 is 29.4 Å². The van der Waals surface area contributed by atoms with Crippen molar-refractivity contribution in [1.29, 1.82) is 0 Å². The molecule has 2 aliphatic heterocycles. The van der Waals surface area contributed by atoms with E-state index >= 15 is 0 Å². The number of imide groups is 1. The molecule has 0 saturated carbocycles. The molecule has 0 bridgehead atoms. The van der Waals surface area contributed by atoms with Gasteiger partial charge < -0.3 is 4.74 Å². The van der Waals surface area contributed by atoms with Gasteiger partial charge in [-0.1, -0.05) is 60.7 Å². The molecule has 2 saturated heterocycles. The molecule has 1 N–H and O–H groups in total. The maximum Gasteiger partial charge on any atom is 0.324 e. The van der Waals surface area contributed by atoms with E-state index in [1.54, 1.807) is 6.92 Å². The van der Waals surface area contributed by atoms with Gasteiger partial charge in [0, 0.05) is 7.05 Å². The van der Waals surface area contributed by atoms with Crippen LogP contribution in [0.15, 0.2) is 60.7 Å². The first-order valence-corrected chi connectivity index (χ1v) is 9.39. The summed E-state index contributed by atoms with van der Waals surface area (Å²) in [6.45, 7) is 1.93. The zero-order valence-corrected chi connectivity index (χ0v) is 15.8. The summed E-state index contributed by atoms with van der Waals surface area (Å²) in [5.74, 6) is -2.69. The third-order valence-electron chi connectivity index (χ3n) is 5.78. The predicted octanol–water partition coefficient (Wildman–Crippen LogP) is 1.70. The summed E-state index contributed by atoms with van der Waals surface area (Å²) in [4.78, 5) is 40.0. The van der Waals surface area contributed by atoms with Crippen molar-refractivity contribution in [3.05, 3.63) is 71.8 Å². The molecule has 2 heterocycles. The fourth-order valence-corrected chi connectivity index (χ4v) is 4.58. The maximum atomic E-state index is 13.2. The Hall–Kier alpha value is -2.99. The average molecular weight is 378 g/mol. The van der Waals surface area contributed by atoms with Gasteiger partial charge in [0.2, 0.25) is 11.8 Å². The van der Waals surface area contributed by atoms with Gasteiger partial charge in [-0.15, -0.1) is 0 Å².